The summed E-state index contributed by atoms with van der Waals surface area (Å²) in [5, 5.41) is 4.85. The average Bonchev–Trinajstić information content (AvgIpc) is 2.65. The summed E-state index contributed by atoms with van der Waals surface area (Å²) >= 11 is 0. The van der Waals surface area contributed by atoms with Gasteiger partial charge in [-0.2, -0.15) is 0 Å². The summed E-state index contributed by atoms with van der Waals surface area (Å²) in [6, 6.07) is 10.7. The predicted molar refractivity (Wildman–Crippen MR) is 102 cm³/mol. The zero-order valence-corrected chi connectivity index (χ0v) is 15.8. The fourth-order valence-electron chi connectivity index (χ4n) is 2.29. The normalized spacial score (nSPS) is 10.6. The van der Waals surface area contributed by atoms with Crippen LogP contribution in [0.3, 0.4) is 0 Å². The molecule has 0 aromatic heterocycles. The lowest BCUT2D eigenvalue weighted by Gasteiger charge is -2.16. The molecule has 0 aliphatic heterocycles. The van der Waals surface area contributed by atoms with E-state index in [1.165, 1.54) is 6.07 Å². The van der Waals surface area contributed by atoms with Crippen LogP contribution in [-0.4, -0.2) is 50.0 Å². The van der Waals surface area contributed by atoms with Gasteiger partial charge in [0.25, 0.3) is 0 Å². The lowest BCUT2D eigenvalue weighted by atomic mass is 10.2. The van der Waals surface area contributed by atoms with Crippen molar-refractivity contribution in [2.75, 3.05) is 38.6 Å². The first-order valence-electron chi connectivity index (χ1n) is 8.73. The molecule has 8 heteroatoms. The molecule has 2 aromatic rings. The molecule has 2 N–H and O–H groups in total. The Bertz CT molecular complexity index is 813. The topological polar surface area (TPSA) is 70.7 Å². The highest BCUT2D eigenvalue weighted by molar-refractivity contribution is 5.94. The summed E-state index contributed by atoms with van der Waals surface area (Å²) in [6.45, 7) is 2.77. The number of hydrogen-bond acceptors (Lipinski definition) is 4. The van der Waals surface area contributed by atoms with E-state index in [1.54, 1.807) is 11.9 Å². The van der Waals surface area contributed by atoms with Gasteiger partial charge in [0.05, 0.1) is 13.1 Å². The van der Waals surface area contributed by atoms with Crippen molar-refractivity contribution >= 4 is 17.5 Å². The third-order valence-corrected chi connectivity index (χ3v) is 3.83. The number of likely N-dealkylation sites (N-methyl/N-ethyl adjacent to an activating group) is 1. The third kappa shape index (κ3) is 7.32. The molecule has 0 aliphatic rings. The lowest BCUT2D eigenvalue weighted by molar-refractivity contribution is -0.124. The van der Waals surface area contributed by atoms with Crippen molar-refractivity contribution in [3.63, 3.8) is 0 Å². The number of ether oxygens (including phenoxy) is 1. The summed E-state index contributed by atoms with van der Waals surface area (Å²) in [4.78, 5) is 25.4. The highest BCUT2D eigenvalue weighted by atomic mass is 19.2. The largest absolute Gasteiger partial charge is 0.492 e. The Balaban J connectivity index is 1.64. The van der Waals surface area contributed by atoms with Gasteiger partial charge < -0.3 is 15.4 Å². The van der Waals surface area contributed by atoms with Crippen molar-refractivity contribution < 1.29 is 23.1 Å². The molecule has 0 saturated carbocycles. The second kappa shape index (κ2) is 10.4. The van der Waals surface area contributed by atoms with Crippen LogP contribution in [0.5, 0.6) is 5.75 Å². The Kier molecular flexibility index (Phi) is 7.88. The molecule has 0 saturated heterocycles. The van der Waals surface area contributed by atoms with Crippen LogP contribution in [0.2, 0.25) is 0 Å². The van der Waals surface area contributed by atoms with Gasteiger partial charge in [-0.25, -0.2) is 8.78 Å². The highest BCUT2D eigenvalue weighted by Crippen LogP contribution is 2.13. The fourth-order valence-corrected chi connectivity index (χ4v) is 2.29. The van der Waals surface area contributed by atoms with Gasteiger partial charge in [0, 0.05) is 18.3 Å². The van der Waals surface area contributed by atoms with E-state index in [-0.39, 0.29) is 24.7 Å². The molecule has 28 heavy (non-hydrogen) atoms. The van der Waals surface area contributed by atoms with E-state index in [9.17, 15) is 18.4 Å². The number of hydrogen-bond donors (Lipinski definition) is 2. The summed E-state index contributed by atoms with van der Waals surface area (Å²) < 4.78 is 31.6. The van der Waals surface area contributed by atoms with Gasteiger partial charge >= 0.3 is 0 Å². The van der Waals surface area contributed by atoms with Crippen molar-refractivity contribution in [1.82, 2.24) is 10.2 Å². The summed E-state index contributed by atoms with van der Waals surface area (Å²) in [6.07, 6.45) is 0. The molecule has 6 nitrogen and oxygen atoms in total. The fraction of sp³-hybridized carbons (Fsp3) is 0.300. The van der Waals surface area contributed by atoms with Gasteiger partial charge in [-0.15, -0.1) is 0 Å². The van der Waals surface area contributed by atoms with Crippen molar-refractivity contribution in [3.8, 4) is 5.75 Å². The first-order valence-corrected chi connectivity index (χ1v) is 8.73. The standard InChI is InChI=1S/C20H23F2N3O3/c1-14-3-6-16(7-4-14)28-10-9-25(2)13-20(27)23-12-19(26)24-15-5-8-17(21)18(22)11-15/h3-8,11H,9-10,12-13H2,1-2H3,(H,23,27)(H,24,26). The predicted octanol–water partition coefficient (Wildman–Crippen LogP) is 2.34. The Morgan fingerprint density at radius 3 is 2.43 bits per heavy atom. The zero-order chi connectivity index (χ0) is 20.5. The average molecular weight is 391 g/mol. The van der Waals surface area contributed by atoms with E-state index < -0.39 is 17.5 Å². The molecule has 0 radical (unpaired) electrons. The van der Waals surface area contributed by atoms with Gasteiger partial charge in [-0.3, -0.25) is 14.5 Å². The van der Waals surface area contributed by atoms with E-state index in [1.807, 2.05) is 31.2 Å². The number of nitrogens with zero attached hydrogens (tertiary/aromatic N) is 1. The second-order valence-electron chi connectivity index (χ2n) is 6.35. The van der Waals surface area contributed by atoms with E-state index >= 15 is 0 Å². The van der Waals surface area contributed by atoms with Crippen LogP contribution < -0.4 is 15.4 Å². The van der Waals surface area contributed by atoms with E-state index in [0.29, 0.717) is 13.2 Å². The van der Waals surface area contributed by atoms with Crippen molar-refractivity contribution in [2.45, 2.75) is 6.92 Å². The van der Waals surface area contributed by atoms with Gasteiger partial charge in [-0.1, -0.05) is 17.7 Å². The van der Waals surface area contributed by atoms with Crippen molar-refractivity contribution in [1.29, 1.82) is 0 Å². The number of benzene rings is 2. The van der Waals surface area contributed by atoms with E-state index in [0.717, 1.165) is 23.4 Å². The second-order valence-corrected chi connectivity index (χ2v) is 6.35. The van der Waals surface area contributed by atoms with Gasteiger partial charge in [0.2, 0.25) is 11.8 Å². The maximum absolute atomic E-state index is 13.1. The molecule has 2 amide bonds. The molecule has 2 aromatic carbocycles. The summed E-state index contributed by atoms with van der Waals surface area (Å²) in [7, 11) is 1.76. The van der Waals surface area contributed by atoms with Crippen LogP contribution in [0.1, 0.15) is 5.56 Å². The minimum absolute atomic E-state index is 0.0930. The van der Waals surface area contributed by atoms with Crippen molar-refractivity contribution in [2.24, 2.45) is 0 Å². The smallest absolute Gasteiger partial charge is 0.243 e. The Morgan fingerprint density at radius 2 is 1.75 bits per heavy atom. The number of carbonyl (C=O) groups excluding carboxylic acids is 2. The van der Waals surface area contributed by atoms with Crippen LogP contribution >= 0.6 is 0 Å². The monoisotopic (exact) mass is 391 g/mol. The van der Waals surface area contributed by atoms with Crippen LogP contribution in [0.4, 0.5) is 14.5 Å². The van der Waals surface area contributed by atoms with Gasteiger partial charge in [0.1, 0.15) is 12.4 Å². The molecule has 0 aliphatic carbocycles. The summed E-state index contributed by atoms with van der Waals surface area (Å²) in [5.74, 6) is -2.17. The molecule has 150 valence electrons. The van der Waals surface area contributed by atoms with Crippen LogP contribution in [-0.2, 0) is 9.59 Å². The molecule has 0 atom stereocenters. The first kappa shape index (κ1) is 21.3. The number of halogens is 2. The molecule has 0 heterocycles. The number of anilines is 1. The molecule has 0 fully saturated rings. The SMILES string of the molecule is Cc1ccc(OCCN(C)CC(=O)NCC(=O)Nc2ccc(F)c(F)c2)cc1. The molecular formula is C20H23F2N3O3. The molecule has 0 unspecified atom stereocenters. The summed E-state index contributed by atoms with van der Waals surface area (Å²) in [5.41, 5.74) is 1.26. The third-order valence-electron chi connectivity index (χ3n) is 3.83. The van der Waals surface area contributed by atoms with Crippen molar-refractivity contribution in [3.05, 3.63) is 59.7 Å². The Hall–Kier alpha value is -3.00. The van der Waals surface area contributed by atoms with Crippen LogP contribution in [0.15, 0.2) is 42.5 Å². The van der Waals surface area contributed by atoms with Crippen LogP contribution in [0.25, 0.3) is 0 Å². The minimum Gasteiger partial charge on any atom is -0.492 e. The number of aryl methyl sites for hydroxylation is 1. The van der Waals surface area contributed by atoms with E-state index in [2.05, 4.69) is 10.6 Å². The molecule has 2 rings (SSSR count). The number of carbonyl (C=O) groups is 2. The Morgan fingerprint density at radius 1 is 1.04 bits per heavy atom. The van der Waals surface area contributed by atoms with Crippen LogP contribution in [0, 0.1) is 18.6 Å². The first-order chi connectivity index (χ1) is 13.3. The van der Waals surface area contributed by atoms with Gasteiger partial charge in [-0.05, 0) is 38.2 Å². The molecule has 0 bridgehead atoms. The quantitative estimate of drug-likeness (QED) is 0.688. The highest BCUT2D eigenvalue weighted by Gasteiger charge is 2.10. The van der Waals surface area contributed by atoms with Gasteiger partial charge in [0.15, 0.2) is 11.6 Å². The molecular weight excluding hydrogens is 368 g/mol. The Labute approximate surface area is 162 Å². The number of amides is 2. The number of rotatable bonds is 9. The zero-order valence-electron chi connectivity index (χ0n) is 15.8. The lowest BCUT2D eigenvalue weighted by Crippen LogP contribution is -2.40. The maximum Gasteiger partial charge on any atom is 0.243 e. The number of nitrogens with one attached hydrogen (secondary N) is 2. The van der Waals surface area contributed by atoms with E-state index in [4.69, 9.17) is 4.74 Å². The molecule has 0 spiro atoms. The minimum atomic E-state index is -1.06. The maximum atomic E-state index is 13.1.